The van der Waals surface area contributed by atoms with Gasteiger partial charge in [-0.2, -0.15) is 5.26 Å². The first-order chi connectivity index (χ1) is 12.0. The number of nitrogens with zero attached hydrogens (tertiary/aromatic N) is 2. The number of hydrogen-bond acceptors (Lipinski definition) is 2. The minimum atomic E-state index is -1.11. The largest absolute Gasteiger partial charge is 0.288 e. The van der Waals surface area contributed by atoms with E-state index in [0.717, 1.165) is 17.0 Å². The van der Waals surface area contributed by atoms with E-state index >= 15 is 0 Å². The van der Waals surface area contributed by atoms with E-state index in [-0.39, 0.29) is 5.69 Å². The average Bonchev–Trinajstić information content (AvgIpc) is 2.61. The van der Waals surface area contributed by atoms with Crippen LogP contribution in [0.5, 0.6) is 0 Å². The zero-order chi connectivity index (χ0) is 18.0. The molecule has 1 heterocycles. The number of fused-ring (bicyclic) bond motifs is 1. The number of carbonyl (C=O) groups excluding carboxylic acids is 1. The van der Waals surface area contributed by atoms with Crippen molar-refractivity contribution >= 4 is 23.7 Å². The van der Waals surface area contributed by atoms with Crippen LogP contribution in [-0.2, 0) is 4.79 Å². The average molecular weight is 340 g/mol. The lowest BCUT2D eigenvalue weighted by atomic mass is 10.0. The van der Waals surface area contributed by atoms with Crippen molar-refractivity contribution in [3.05, 3.63) is 77.1 Å². The van der Waals surface area contributed by atoms with Gasteiger partial charge in [0, 0.05) is 17.7 Å². The Balaban J connectivity index is 1.95. The predicted molar refractivity (Wildman–Crippen MR) is 87.7 cm³/mol. The van der Waals surface area contributed by atoms with Crippen molar-refractivity contribution in [3.8, 4) is 6.07 Å². The van der Waals surface area contributed by atoms with Gasteiger partial charge in [0.2, 0.25) is 0 Å². The molecule has 0 saturated carbocycles. The maximum Gasteiger partial charge on any atom is 0.252 e. The summed E-state index contributed by atoms with van der Waals surface area (Å²) in [4.78, 5) is 13.6. The van der Waals surface area contributed by atoms with Gasteiger partial charge < -0.3 is 0 Å². The highest BCUT2D eigenvalue weighted by atomic mass is 19.2. The molecule has 1 atom stereocenters. The summed E-state index contributed by atoms with van der Waals surface area (Å²) in [6.07, 6.45) is 5.55. The molecule has 2 aromatic rings. The number of hydrogen-bond donors (Lipinski definition) is 0. The molecule has 1 unspecified atom stereocenters. The van der Waals surface area contributed by atoms with Crippen LogP contribution in [0, 0.1) is 28.8 Å². The van der Waals surface area contributed by atoms with Gasteiger partial charge in [0.15, 0.2) is 11.6 Å². The molecular weight excluding hydrogens is 329 g/mol. The monoisotopic (exact) mass is 340 g/mol. The van der Waals surface area contributed by atoms with Gasteiger partial charge in [-0.1, -0.05) is 18.2 Å². The molecule has 0 aliphatic carbocycles. The Hall–Kier alpha value is -3.33. The standard InChI is InChI=1S/C19H11F3N2O/c20-14-5-1-12(2-6-14)3-8-19(25)24-15(11-23)7-4-13-9-16(21)17(22)10-18(13)24/h1-10,15H/b8-3+. The molecule has 3 nitrogen and oxygen atoms in total. The highest BCUT2D eigenvalue weighted by Gasteiger charge is 2.28. The minimum Gasteiger partial charge on any atom is -0.288 e. The van der Waals surface area contributed by atoms with Crippen LogP contribution in [0.2, 0.25) is 0 Å². The van der Waals surface area contributed by atoms with Gasteiger partial charge in [-0.3, -0.25) is 9.69 Å². The molecule has 1 amide bonds. The fraction of sp³-hybridized carbons (Fsp3) is 0.0526. The second kappa shape index (κ2) is 6.65. The first-order valence-corrected chi connectivity index (χ1v) is 7.33. The normalized spacial score (nSPS) is 15.9. The first kappa shape index (κ1) is 16.5. The number of carbonyl (C=O) groups is 1. The zero-order valence-electron chi connectivity index (χ0n) is 12.8. The Morgan fingerprint density at radius 2 is 1.80 bits per heavy atom. The van der Waals surface area contributed by atoms with Crippen LogP contribution < -0.4 is 4.90 Å². The molecule has 2 aromatic carbocycles. The van der Waals surface area contributed by atoms with Crippen molar-refractivity contribution < 1.29 is 18.0 Å². The van der Waals surface area contributed by atoms with E-state index in [4.69, 9.17) is 0 Å². The Kier molecular flexibility index (Phi) is 4.40. The van der Waals surface area contributed by atoms with Crippen LogP contribution in [0.25, 0.3) is 12.2 Å². The molecule has 0 N–H and O–H groups in total. The molecule has 1 aliphatic rings. The number of halogens is 3. The lowest BCUT2D eigenvalue weighted by molar-refractivity contribution is -0.114. The topological polar surface area (TPSA) is 44.1 Å². The lowest BCUT2D eigenvalue weighted by Gasteiger charge is -2.29. The van der Waals surface area contributed by atoms with Crippen LogP contribution in [0.3, 0.4) is 0 Å². The first-order valence-electron chi connectivity index (χ1n) is 7.33. The molecular formula is C19H11F3N2O. The number of rotatable bonds is 2. The van der Waals surface area contributed by atoms with E-state index in [0.29, 0.717) is 11.1 Å². The molecule has 0 saturated heterocycles. The maximum absolute atomic E-state index is 13.6. The summed E-state index contributed by atoms with van der Waals surface area (Å²) in [5, 5.41) is 9.25. The van der Waals surface area contributed by atoms with Crippen molar-refractivity contribution in [1.82, 2.24) is 0 Å². The van der Waals surface area contributed by atoms with Gasteiger partial charge in [0.25, 0.3) is 5.91 Å². The van der Waals surface area contributed by atoms with Gasteiger partial charge in [-0.15, -0.1) is 0 Å². The summed E-state index contributed by atoms with van der Waals surface area (Å²) in [5.74, 6) is -3.12. The van der Waals surface area contributed by atoms with Gasteiger partial charge in [-0.25, -0.2) is 13.2 Å². The number of anilines is 1. The van der Waals surface area contributed by atoms with Crippen LogP contribution in [-0.4, -0.2) is 11.9 Å². The van der Waals surface area contributed by atoms with Crippen molar-refractivity contribution in [2.45, 2.75) is 6.04 Å². The summed E-state index contributed by atoms with van der Waals surface area (Å²) >= 11 is 0. The van der Waals surface area contributed by atoms with Gasteiger partial charge in [-0.05, 0) is 35.9 Å². The lowest BCUT2D eigenvalue weighted by Crippen LogP contribution is -2.39. The number of benzene rings is 2. The highest BCUT2D eigenvalue weighted by Crippen LogP contribution is 2.31. The van der Waals surface area contributed by atoms with Gasteiger partial charge in [0.1, 0.15) is 11.9 Å². The molecule has 124 valence electrons. The third-order valence-corrected chi connectivity index (χ3v) is 3.72. The quantitative estimate of drug-likeness (QED) is 0.774. The summed E-state index contributed by atoms with van der Waals surface area (Å²) < 4.78 is 39.9. The van der Waals surface area contributed by atoms with Crippen molar-refractivity contribution in [1.29, 1.82) is 5.26 Å². The summed E-state index contributed by atoms with van der Waals surface area (Å²) in [6, 6.07) is 8.33. The number of amides is 1. The molecule has 6 heteroatoms. The van der Waals surface area contributed by atoms with Crippen LogP contribution in [0.15, 0.2) is 48.6 Å². The Labute approximate surface area is 141 Å². The van der Waals surface area contributed by atoms with E-state index in [9.17, 15) is 23.2 Å². The predicted octanol–water partition coefficient (Wildman–Crippen LogP) is 4.07. The molecule has 1 aliphatic heterocycles. The zero-order valence-corrected chi connectivity index (χ0v) is 12.8. The molecule has 0 spiro atoms. The Morgan fingerprint density at radius 3 is 2.48 bits per heavy atom. The highest BCUT2D eigenvalue weighted by molar-refractivity contribution is 6.07. The molecule has 0 fully saturated rings. The molecule has 0 radical (unpaired) electrons. The van der Waals surface area contributed by atoms with Crippen LogP contribution >= 0.6 is 0 Å². The van der Waals surface area contributed by atoms with Crippen LogP contribution in [0.1, 0.15) is 11.1 Å². The SMILES string of the molecule is N#CC1C=Cc2cc(F)c(F)cc2N1C(=O)/C=C/c1ccc(F)cc1. The summed E-state index contributed by atoms with van der Waals surface area (Å²) in [7, 11) is 0. The van der Waals surface area contributed by atoms with Crippen molar-refractivity contribution in [2.24, 2.45) is 0 Å². The maximum atomic E-state index is 13.6. The second-order valence-electron chi connectivity index (χ2n) is 5.35. The number of nitriles is 1. The Bertz CT molecular complexity index is 927. The second-order valence-corrected chi connectivity index (χ2v) is 5.35. The van der Waals surface area contributed by atoms with E-state index in [1.165, 1.54) is 48.6 Å². The fourth-order valence-electron chi connectivity index (χ4n) is 2.50. The van der Waals surface area contributed by atoms with Crippen molar-refractivity contribution in [3.63, 3.8) is 0 Å². The van der Waals surface area contributed by atoms with Gasteiger partial charge in [0.05, 0.1) is 11.8 Å². The molecule has 3 rings (SSSR count). The van der Waals surface area contributed by atoms with Crippen LogP contribution in [0.4, 0.5) is 18.9 Å². The summed E-state index contributed by atoms with van der Waals surface area (Å²) in [6.45, 7) is 0. The fourth-order valence-corrected chi connectivity index (χ4v) is 2.50. The Morgan fingerprint density at radius 1 is 1.12 bits per heavy atom. The van der Waals surface area contributed by atoms with E-state index in [2.05, 4.69) is 0 Å². The molecule has 0 bridgehead atoms. The third kappa shape index (κ3) is 3.31. The molecule has 25 heavy (non-hydrogen) atoms. The van der Waals surface area contributed by atoms with E-state index in [1.807, 2.05) is 6.07 Å². The third-order valence-electron chi connectivity index (χ3n) is 3.72. The van der Waals surface area contributed by atoms with E-state index in [1.54, 1.807) is 0 Å². The summed E-state index contributed by atoms with van der Waals surface area (Å²) in [5.41, 5.74) is 0.997. The van der Waals surface area contributed by atoms with Crippen molar-refractivity contribution in [2.75, 3.05) is 4.90 Å². The van der Waals surface area contributed by atoms with Gasteiger partial charge >= 0.3 is 0 Å². The smallest absolute Gasteiger partial charge is 0.252 e. The van der Waals surface area contributed by atoms with E-state index < -0.39 is 29.4 Å². The minimum absolute atomic E-state index is 0.113. The molecule has 0 aromatic heterocycles.